The summed E-state index contributed by atoms with van der Waals surface area (Å²) in [5.74, 6) is 2.48. The van der Waals surface area contributed by atoms with Gasteiger partial charge in [0.05, 0.1) is 19.8 Å². The van der Waals surface area contributed by atoms with Crippen LogP contribution in [-0.4, -0.2) is 75.4 Å². The highest BCUT2D eigenvalue weighted by Crippen LogP contribution is 2.13. The number of hydrogen-bond donors (Lipinski definition) is 2. The number of guanidine groups is 1. The lowest BCUT2D eigenvalue weighted by Gasteiger charge is -2.35. The van der Waals surface area contributed by atoms with Crippen molar-refractivity contribution in [3.8, 4) is 0 Å². The Morgan fingerprint density at radius 2 is 2.04 bits per heavy atom. The monoisotopic (exact) mass is 390 g/mol. The molecule has 7 heteroatoms. The fraction of sp³-hybridized carbons (Fsp3) is 0.714. The van der Waals surface area contributed by atoms with E-state index in [2.05, 4.69) is 47.4 Å². The molecule has 1 aromatic rings. The zero-order chi connectivity index (χ0) is 20.4. The summed E-state index contributed by atoms with van der Waals surface area (Å²) in [4.78, 5) is 13.7. The number of anilines is 1. The smallest absolute Gasteiger partial charge is 0.191 e. The van der Waals surface area contributed by atoms with Crippen molar-refractivity contribution in [2.75, 3.05) is 58.4 Å². The third-order valence-electron chi connectivity index (χ3n) is 4.84. The van der Waals surface area contributed by atoms with Gasteiger partial charge in [-0.05, 0) is 37.0 Å². The Kier molecular flexibility index (Phi) is 9.50. The number of ether oxygens (including phenoxy) is 1. The van der Waals surface area contributed by atoms with Crippen molar-refractivity contribution in [3.63, 3.8) is 0 Å². The molecule has 28 heavy (non-hydrogen) atoms. The van der Waals surface area contributed by atoms with E-state index in [4.69, 9.17) is 9.73 Å². The molecule has 0 saturated carbocycles. The molecule has 0 spiro atoms. The van der Waals surface area contributed by atoms with Crippen LogP contribution in [0.5, 0.6) is 0 Å². The van der Waals surface area contributed by atoms with Crippen LogP contribution < -0.4 is 15.5 Å². The minimum Gasteiger partial charge on any atom is -0.379 e. The van der Waals surface area contributed by atoms with E-state index in [1.807, 2.05) is 31.3 Å². The number of rotatable bonds is 9. The first kappa shape index (κ1) is 22.4. The zero-order valence-electron chi connectivity index (χ0n) is 18.2. The fourth-order valence-corrected chi connectivity index (χ4v) is 3.38. The Hall–Kier alpha value is -1.86. The molecule has 1 aromatic heterocycles. The molecule has 1 unspecified atom stereocenters. The Morgan fingerprint density at radius 3 is 2.68 bits per heavy atom. The Bertz CT molecular complexity index is 598. The molecule has 2 rings (SSSR count). The molecule has 158 valence electrons. The van der Waals surface area contributed by atoms with Crippen molar-refractivity contribution in [3.05, 3.63) is 23.9 Å². The van der Waals surface area contributed by atoms with Gasteiger partial charge in [0.15, 0.2) is 5.96 Å². The number of pyridine rings is 1. The van der Waals surface area contributed by atoms with Crippen LogP contribution in [-0.2, 0) is 11.3 Å². The van der Waals surface area contributed by atoms with E-state index in [9.17, 15) is 0 Å². The Balaban J connectivity index is 1.99. The first-order valence-electron chi connectivity index (χ1n) is 10.5. The van der Waals surface area contributed by atoms with Crippen LogP contribution in [0.25, 0.3) is 0 Å². The molecule has 1 atom stereocenters. The Labute approximate surface area is 170 Å². The predicted octanol–water partition coefficient (Wildman–Crippen LogP) is 1.95. The average molecular weight is 391 g/mol. The lowest BCUT2D eigenvalue weighted by Crippen LogP contribution is -2.51. The summed E-state index contributed by atoms with van der Waals surface area (Å²) in [7, 11) is 4.00. The van der Waals surface area contributed by atoms with Crippen molar-refractivity contribution < 1.29 is 4.74 Å². The molecule has 1 aliphatic rings. The van der Waals surface area contributed by atoms with Crippen molar-refractivity contribution in [1.29, 1.82) is 0 Å². The van der Waals surface area contributed by atoms with Crippen LogP contribution in [0.3, 0.4) is 0 Å². The Morgan fingerprint density at radius 1 is 1.29 bits per heavy atom. The second kappa shape index (κ2) is 11.9. The van der Waals surface area contributed by atoms with Crippen molar-refractivity contribution in [1.82, 2.24) is 20.5 Å². The molecule has 0 bridgehead atoms. The van der Waals surface area contributed by atoms with E-state index in [1.54, 1.807) is 0 Å². The largest absolute Gasteiger partial charge is 0.379 e. The standard InChI is InChI=1S/C21H38N6O/c1-6-22-21(24-15-18-7-8-23-20(14-18)26(4)5)25-16-19(13-17(2)3)27-9-11-28-12-10-27/h7-8,14,17,19H,6,9-13,15-16H2,1-5H3,(H2,22,24,25). The highest BCUT2D eigenvalue weighted by atomic mass is 16.5. The molecular weight excluding hydrogens is 352 g/mol. The molecule has 0 aliphatic carbocycles. The molecule has 2 heterocycles. The summed E-state index contributed by atoms with van der Waals surface area (Å²) in [6.45, 7) is 12.7. The van der Waals surface area contributed by atoms with Crippen LogP contribution >= 0.6 is 0 Å². The SMILES string of the molecule is CCNC(=NCc1ccnc(N(C)C)c1)NCC(CC(C)C)N1CCOCC1. The fourth-order valence-electron chi connectivity index (χ4n) is 3.38. The maximum atomic E-state index is 5.53. The van der Waals surface area contributed by atoms with E-state index in [0.717, 1.165) is 56.7 Å². The first-order valence-corrected chi connectivity index (χ1v) is 10.5. The average Bonchev–Trinajstić information content (AvgIpc) is 2.69. The van der Waals surface area contributed by atoms with Crippen molar-refractivity contribution >= 4 is 11.8 Å². The molecular formula is C21H38N6O. The number of aromatic nitrogens is 1. The topological polar surface area (TPSA) is 65.0 Å². The number of hydrogen-bond acceptors (Lipinski definition) is 5. The summed E-state index contributed by atoms with van der Waals surface area (Å²) >= 11 is 0. The van der Waals surface area contributed by atoms with Gasteiger partial charge in [0.2, 0.25) is 0 Å². The van der Waals surface area contributed by atoms with Crippen molar-refractivity contribution in [2.24, 2.45) is 10.9 Å². The van der Waals surface area contributed by atoms with E-state index in [-0.39, 0.29) is 0 Å². The summed E-state index contributed by atoms with van der Waals surface area (Å²) in [5.41, 5.74) is 1.16. The molecule has 7 nitrogen and oxygen atoms in total. The van der Waals surface area contributed by atoms with Gasteiger partial charge >= 0.3 is 0 Å². The number of morpholine rings is 1. The summed E-state index contributed by atoms with van der Waals surface area (Å²) in [5, 5.41) is 6.93. The molecule has 0 aromatic carbocycles. The van der Waals surface area contributed by atoms with Gasteiger partial charge in [-0.3, -0.25) is 4.90 Å². The summed E-state index contributed by atoms with van der Waals surface area (Å²) < 4.78 is 5.53. The normalized spacial score (nSPS) is 16.9. The number of nitrogens with zero attached hydrogens (tertiary/aromatic N) is 4. The minimum atomic E-state index is 0.494. The highest BCUT2D eigenvalue weighted by Gasteiger charge is 2.22. The molecule has 0 amide bonds. The van der Waals surface area contributed by atoms with E-state index in [0.29, 0.717) is 18.5 Å². The van der Waals surface area contributed by atoms with E-state index in [1.165, 1.54) is 6.42 Å². The quantitative estimate of drug-likeness (QED) is 0.496. The lowest BCUT2D eigenvalue weighted by atomic mass is 10.0. The number of nitrogens with one attached hydrogen (secondary N) is 2. The number of aliphatic imine (C=N–C) groups is 1. The van der Waals surface area contributed by atoms with Crippen LogP contribution in [0.1, 0.15) is 32.8 Å². The first-order chi connectivity index (χ1) is 13.5. The van der Waals surface area contributed by atoms with Gasteiger partial charge in [0.25, 0.3) is 0 Å². The minimum absolute atomic E-state index is 0.494. The van der Waals surface area contributed by atoms with Crippen LogP contribution in [0.4, 0.5) is 5.82 Å². The molecule has 1 saturated heterocycles. The van der Waals surface area contributed by atoms with Crippen LogP contribution in [0, 0.1) is 5.92 Å². The second-order valence-electron chi connectivity index (χ2n) is 7.92. The third kappa shape index (κ3) is 7.64. The third-order valence-corrected chi connectivity index (χ3v) is 4.84. The molecule has 0 radical (unpaired) electrons. The highest BCUT2D eigenvalue weighted by molar-refractivity contribution is 5.79. The van der Waals surface area contributed by atoms with Gasteiger partial charge in [-0.2, -0.15) is 0 Å². The van der Waals surface area contributed by atoms with Crippen LogP contribution in [0.2, 0.25) is 0 Å². The van der Waals surface area contributed by atoms with Crippen LogP contribution in [0.15, 0.2) is 23.3 Å². The zero-order valence-corrected chi connectivity index (χ0v) is 18.2. The molecule has 1 fully saturated rings. The maximum absolute atomic E-state index is 5.53. The molecule has 2 N–H and O–H groups in total. The van der Waals surface area contributed by atoms with Crippen molar-refractivity contribution in [2.45, 2.75) is 39.8 Å². The van der Waals surface area contributed by atoms with Gasteiger partial charge < -0.3 is 20.3 Å². The van der Waals surface area contributed by atoms with E-state index >= 15 is 0 Å². The second-order valence-corrected chi connectivity index (χ2v) is 7.92. The predicted molar refractivity (Wildman–Crippen MR) is 117 cm³/mol. The van der Waals surface area contributed by atoms with Gasteiger partial charge in [0.1, 0.15) is 5.82 Å². The summed E-state index contributed by atoms with van der Waals surface area (Å²) in [6.07, 6.45) is 3.01. The van der Waals surface area contributed by atoms with Gasteiger partial charge in [-0.15, -0.1) is 0 Å². The maximum Gasteiger partial charge on any atom is 0.191 e. The van der Waals surface area contributed by atoms with E-state index < -0.39 is 0 Å². The summed E-state index contributed by atoms with van der Waals surface area (Å²) in [6, 6.07) is 4.60. The lowest BCUT2D eigenvalue weighted by molar-refractivity contribution is 0.0132. The molecule has 1 aliphatic heterocycles. The van der Waals surface area contributed by atoms with Gasteiger partial charge in [0, 0.05) is 52.5 Å². The van der Waals surface area contributed by atoms with Gasteiger partial charge in [-0.25, -0.2) is 9.98 Å². The van der Waals surface area contributed by atoms with Gasteiger partial charge in [-0.1, -0.05) is 13.8 Å².